The van der Waals surface area contributed by atoms with Gasteiger partial charge in [-0.05, 0) is 18.1 Å². The minimum absolute atomic E-state index is 0.203. The van der Waals surface area contributed by atoms with E-state index in [2.05, 4.69) is 5.32 Å². The van der Waals surface area contributed by atoms with Gasteiger partial charge in [0, 0.05) is 30.0 Å². The van der Waals surface area contributed by atoms with Crippen LogP contribution in [-0.4, -0.2) is 40.7 Å². The molecule has 2 aromatic carbocycles. The fraction of sp³-hybridized carbons (Fsp3) is 0.154. The molecule has 0 unspecified atom stereocenters. The largest absolute Gasteiger partial charge is 0.462 e. The zero-order chi connectivity index (χ0) is 24.9. The lowest BCUT2D eigenvalue weighted by atomic mass is 10.0. The molecule has 0 atom stereocenters. The summed E-state index contributed by atoms with van der Waals surface area (Å²) in [7, 11) is 1.59. The molecule has 6 nitrogen and oxygen atoms in total. The predicted octanol–water partition coefficient (Wildman–Crippen LogP) is 5.52. The summed E-state index contributed by atoms with van der Waals surface area (Å²) in [4.78, 5) is 41.0. The van der Waals surface area contributed by atoms with Crippen LogP contribution >= 0.6 is 35.3 Å². The first-order chi connectivity index (χ1) is 16.9. The summed E-state index contributed by atoms with van der Waals surface area (Å²) >= 11 is 7.63. The Morgan fingerprint density at radius 1 is 1.06 bits per heavy atom. The van der Waals surface area contributed by atoms with E-state index in [0.29, 0.717) is 26.0 Å². The molecule has 2 heterocycles. The Hall–Kier alpha value is -3.27. The van der Waals surface area contributed by atoms with Crippen LogP contribution in [0.25, 0.3) is 11.1 Å². The zero-order valence-electron chi connectivity index (χ0n) is 19.1. The molecule has 9 heteroatoms. The fourth-order valence-corrected chi connectivity index (χ4v) is 5.75. The van der Waals surface area contributed by atoms with Crippen molar-refractivity contribution in [3.63, 3.8) is 0 Å². The summed E-state index contributed by atoms with van der Waals surface area (Å²) in [5, 5.41) is 5.07. The molecule has 35 heavy (non-hydrogen) atoms. The standard InChI is InChI=1S/C26H22N2O4S3/c1-3-32-25(31)20-19(17-12-8-5-9-13-17)15-34-23(20)27-22(29)18(14-16-10-6-4-7-11-16)21-24(30)28(2)26(33)35-21/h4-13,15H,3,14H2,1-2H3,(H,27,29)/b21-18+. The highest BCUT2D eigenvalue weighted by atomic mass is 32.2. The molecule has 4 rings (SSSR count). The van der Waals surface area contributed by atoms with Crippen molar-refractivity contribution in [3.05, 3.63) is 87.6 Å². The van der Waals surface area contributed by atoms with Crippen molar-refractivity contribution < 1.29 is 19.1 Å². The Balaban J connectivity index is 1.74. The molecule has 0 radical (unpaired) electrons. The second-order valence-corrected chi connectivity index (χ2v) is 10.1. The maximum absolute atomic E-state index is 13.6. The number of thioether (sulfide) groups is 1. The molecule has 0 spiro atoms. The number of likely N-dealkylation sites (N-methyl/N-ethyl adjacent to an activating group) is 1. The molecule has 1 N–H and O–H groups in total. The van der Waals surface area contributed by atoms with E-state index in [0.717, 1.165) is 22.9 Å². The first-order valence-corrected chi connectivity index (χ1v) is 12.9. The number of benzene rings is 2. The Kier molecular flexibility index (Phi) is 7.80. The van der Waals surface area contributed by atoms with Gasteiger partial charge < -0.3 is 10.1 Å². The number of carbonyl (C=O) groups is 3. The number of rotatable bonds is 7. The van der Waals surface area contributed by atoms with Crippen LogP contribution in [0.2, 0.25) is 0 Å². The van der Waals surface area contributed by atoms with Gasteiger partial charge in [-0.15, -0.1) is 11.3 Å². The normalized spacial score (nSPS) is 14.7. The molecule has 2 amide bonds. The molecule has 1 aliphatic heterocycles. The summed E-state index contributed by atoms with van der Waals surface area (Å²) < 4.78 is 5.68. The van der Waals surface area contributed by atoms with E-state index in [-0.39, 0.29) is 23.8 Å². The lowest BCUT2D eigenvalue weighted by Gasteiger charge is -2.12. The maximum atomic E-state index is 13.6. The van der Waals surface area contributed by atoms with E-state index in [1.54, 1.807) is 14.0 Å². The molecule has 3 aromatic rings. The number of amides is 2. The predicted molar refractivity (Wildman–Crippen MR) is 144 cm³/mol. The molecule has 1 saturated heterocycles. The Bertz CT molecular complexity index is 1320. The smallest absolute Gasteiger partial charge is 0.341 e. The first-order valence-electron chi connectivity index (χ1n) is 10.8. The van der Waals surface area contributed by atoms with Gasteiger partial charge in [-0.25, -0.2) is 4.79 Å². The van der Waals surface area contributed by atoms with E-state index >= 15 is 0 Å². The highest BCUT2D eigenvalue weighted by Crippen LogP contribution is 2.38. The number of esters is 1. The van der Waals surface area contributed by atoms with E-state index in [4.69, 9.17) is 17.0 Å². The lowest BCUT2D eigenvalue weighted by molar-refractivity contribution is -0.122. The van der Waals surface area contributed by atoms with Crippen LogP contribution in [0.1, 0.15) is 22.8 Å². The van der Waals surface area contributed by atoms with Gasteiger partial charge in [0.1, 0.15) is 14.9 Å². The van der Waals surface area contributed by atoms with Crippen molar-refractivity contribution >= 4 is 62.4 Å². The molecular weight excluding hydrogens is 500 g/mol. The number of nitrogens with one attached hydrogen (secondary N) is 1. The third-order valence-corrected chi connectivity index (χ3v) is 7.81. The molecule has 0 aliphatic carbocycles. The van der Waals surface area contributed by atoms with Crippen LogP contribution in [0.5, 0.6) is 0 Å². The van der Waals surface area contributed by atoms with Crippen LogP contribution < -0.4 is 5.32 Å². The average Bonchev–Trinajstić information content (AvgIpc) is 3.40. The van der Waals surface area contributed by atoms with Crippen molar-refractivity contribution in [2.24, 2.45) is 0 Å². The molecule has 0 saturated carbocycles. The third kappa shape index (κ3) is 5.37. The molecule has 1 fully saturated rings. The van der Waals surface area contributed by atoms with Crippen molar-refractivity contribution in [2.75, 3.05) is 19.0 Å². The molecular formula is C26H22N2O4S3. The number of carbonyl (C=O) groups excluding carboxylic acids is 3. The number of ether oxygens (including phenoxy) is 1. The number of hydrogen-bond acceptors (Lipinski definition) is 7. The molecule has 0 bridgehead atoms. The zero-order valence-corrected chi connectivity index (χ0v) is 21.5. The maximum Gasteiger partial charge on any atom is 0.341 e. The minimum atomic E-state index is -0.521. The van der Waals surface area contributed by atoms with Gasteiger partial charge in [-0.2, -0.15) is 0 Å². The van der Waals surface area contributed by atoms with E-state index in [9.17, 15) is 14.4 Å². The van der Waals surface area contributed by atoms with Crippen LogP contribution in [-0.2, 0) is 20.7 Å². The van der Waals surface area contributed by atoms with E-state index in [1.807, 2.05) is 66.0 Å². The van der Waals surface area contributed by atoms with Crippen molar-refractivity contribution in [3.8, 4) is 11.1 Å². The second-order valence-electron chi connectivity index (χ2n) is 7.60. The summed E-state index contributed by atoms with van der Waals surface area (Å²) in [6.45, 7) is 1.93. The summed E-state index contributed by atoms with van der Waals surface area (Å²) in [6.07, 6.45) is 0.239. The number of thiophene rings is 1. The average molecular weight is 523 g/mol. The lowest BCUT2D eigenvalue weighted by Crippen LogP contribution is -2.25. The highest BCUT2D eigenvalue weighted by Gasteiger charge is 2.34. The summed E-state index contributed by atoms with van der Waals surface area (Å²) in [5.41, 5.74) is 2.97. The summed E-state index contributed by atoms with van der Waals surface area (Å²) in [5.74, 6) is -1.30. The minimum Gasteiger partial charge on any atom is -0.462 e. The molecule has 1 aromatic heterocycles. The molecule has 178 valence electrons. The fourth-order valence-electron chi connectivity index (χ4n) is 3.55. The Labute approximate surface area is 217 Å². The van der Waals surface area contributed by atoms with Gasteiger partial charge in [0.15, 0.2) is 0 Å². The summed E-state index contributed by atoms with van der Waals surface area (Å²) in [6, 6.07) is 18.9. The van der Waals surface area contributed by atoms with Crippen molar-refractivity contribution in [1.29, 1.82) is 0 Å². The Morgan fingerprint density at radius 2 is 1.71 bits per heavy atom. The van der Waals surface area contributed by atoms with E-state index in [1.165, 1.54) is 16.2 Å². The van der Waals surface area contributed by atoms with Crippen molar-refractivity contribution in [1.82, 2.24) is 4.90 Å². The number of thiocarbonyl (C=S) groups is 1. The first kappa shape index (κ1) is 24.8. The van der Waals surface area contributed by atoms with Gasteiger partial charge in [-0.1, -0.05) is 84.6 Å². The third-order valence-electron chi connectivity index (χ3n) is 5.32. The van der Waals surface area contributed by atoms with Crippen LogP contribution in [0.4, 0.5) is 5.00 Å². The number of hydrogen-bond donors (Lipinski definition) is 1. The van der Waals surface area contributed by atoms with Crippen molar-refractivity contribution in [2.45, 2.75) is 13.3 Å². The van der Waals surface area contributed by atoms with Gasteiger partial charge >= 0.3 is 5.97 Å². The highest BCUT2D eigenvalue weighted by molar-refractivity contribution is 8.26. The number of nitrogens with zero attached hydrogens (tertiary/aromatic N) is 1. The van der Waals surface area contributed by atoms with Gasteiger partial charge in [0.25, 0.3) is 11.8 Å². The second kappa shape index (κ2) is 11.0. The SMILES string of the molecule is CCOC(=O)c1c(-c2ccccc2)csc1NC(=O)/C(Cc1ccccc1)=C1/SC(=S)N(C)C1=O. The quantitative estimate of drug-likeness (QED) is 0.250. The van der Waals surface area contributed by atoms with Gasteiger partial charge in [0.2, 0.25) is 0 Å². The van der Waals surface area contributed by atoms with Gasteiger partial charge in [0.05, 0.1) is 11.5 Å². The number of anilines is 1. The van der Waals surface area contributed by atoms with Gasteiger partial charge in [-0.3, -0.25) is 14.5 Å². The monoisotopic (exact) mass is 522 g/mol. The van der Waals surface area contributed by atoms with Crippen LogP contribution in [0.3, 0.4) is 0 Å². The Morgan fingerprint density at radius 3 is 2.31 bits per heavy atom. The van der Waals surface area contributed by atoms with Crippen LogP contribution in [0.15, 0.2) is 76.5 Å². The molecule has 1 aliphatic rings. The van der Waals surface area contributed by atoms with E-state index < -0.39 is 11.9 Å². The topological polar surface area (TPSA) is 75.7 Å². The van der Waals surface area contributed by atoms with Crippen LogP contribution in [0, 0.1) is 0 Å².